The number of anilines is 4. The summed E-state index contributed by atoms with van der Waals surface area (Å²) in [4.78, 5) is 11.7. The molecular formula is C17H27N7O10S4. The Bertz CT molecular complexity index is 1550. The average molecular weight is 618 g/mol. The van der Waals surface area contributed by atoms with E-state index in [1.54, 1.807) is 0 Å². The molecule has 0 aliphatic heterocycles. The van der Waals surface area contributed by atoms with Crippen LogP contribution in [-0.4, -0.2) is 101 Å². The lowest BCUT2D eigenvalue weighted by Crippen LogP contribution is -2.31. The highest BCUT2D eigenvalue weighted by Gasteiger charge is 2.14. The predicted molar refractivity (Wildman–Crippen MR) is 139 cm³/mol. The second-order valence-electron chi connectivity index (χ2n) is 7.77. The smallest absolute Gasteiger partial charge is 0.294 e. The predicted octanol–water partition coefficient (Wildman–Crippen LogP) is -1.07. The molecule has 0 aliphatic rings. The van der Waals surface area contributed by atoms with Crippen LogP contribution in [0.5, 0.6) is 0 Å². The fourth-order valence-corrected chi connectivity index (χ4v) is 5.53. The molecular weight excluding hydrogens is 590 g/mol. The molecule has 0 amide bonds. The van der Waals surface area contributed by atoms with Gasteiger partial charge in [0, 0.05) is 31.6 Å². The quantitative estimate of drug-likeness (QED) is 0.0966. The Morgan fingerprint density at radius 2 is 1.37 bits per heavy atom. The SMILES string of the molecule is CS(=O)(=O)CCCS(=O)(=O)NCCNc1nc(NCCS(=O)(=O)O)nc(Nc2cccc(S(=O)(=O)O)c2)n1. The van der Waals surface area contributed by atoms with E-state index in [1.165, 1.54) is 12.1 Å². The number of hydrogen-bond donors (Lipinski definition) is 6. The van der Waals surface area contributed by atoms with Crippen molar-refractivity contribution in [1.82, 2.24) is 19.7 Å². The molecule has 0 bridgehead atoms. The molecule has 1 heterocycles. The van der Waals surface area contributed by atoms with E-state index < -0.39 is 50.7 Å². The van der Waals surface area contributed by atoms with Gasteiger partial charge in [0.05, 0.1) is 22.2 Å². The van der Waals surface area contributed by atoms with Gasteiger partial charge in [-0.3, -0.25) is 9.11 Å². The van der Waals surface area contributed by atoms with E-state index in [-0.39, 0.29) is 61.1 Å². The average Bonchev–Trinajstić information content (AvgIpc) is 2.74. The Morgan fingerprint density at radius 1 is 0.763 bits per heavy atom. The summed E-state index contributed by atoms with van der Waals surface area (Å²) in [6.07, 6.45) is 0.938. The van der Waals surface area contributed by atoms with E-state index in [0.717, 1.165) is 18.4 Å². The summed E-state index contributed by atoms with van der Waals surface area (Å²) in [5.41, 5.74) is 0.169. The van der Waals surface area contributed by atoms with Crippen molar-refractivity contribution in [2.24, 2.45) is 0 Å². The van der Waals surface area contributed by atoms with Crippen LogP contribution in [0, 0.1) is 0 Å². The molecule has 2 rings (SSSR count). The molecule has 0 spiro atoms. The van der Waals surface area contributed by atoms with Gasteiger partial charge in [0.2, 0.25) is 27.9 Å². The number of rotatable bonds is 16. The first-order valence-corrected chi connectivity index (χ1v) is 17.4. The number of benzene rings is 1. The van der Waals surface area contributed by atoms with Crippen LogP contribution >= 0.6 is 0 Å². The van der Waals surface area contributed by atoms with Crippen molar-refractivity contribution in [3.63, 3.8) is 0 Å². The molecule has 21 heteroatoms. The minimum absolute atomic E-state index is 0.0164. The van der Waals surface area contributed by atoms with Crippen LogP contribution in [0.3, 0.4) is 0 Å². The lowest BCUT2D eigenvalue weighted by Gasteiger charge is -2.12. The van der Waals surface area contributed by atoms with Crippen molar-refractivity contribution in [3.8, 4) is 0 Å². The van der Waals surface area contributed by atoms with Crippen LogP contribution in [0.2, 0.25) is 0 Å². The van der Waals surface area contributed by atoms with Gasteiger partial charge in [0.15, 0.2) is 0 Å². The standard InChI is InChI=1S/C17H27N7O10S4/c1-35(25,26)9-3-10-36(27,28)20-7-6-18-15-22-16(19-8-11-37(29,30)31)24-17(23-15)21-13-4-2-5-14(12-13)38(32,33)34/h2,4-5,12,20H,3,6-11H2,1H3,(H,29,30,31)(H,32,33,34)(H3,18,19,21,22,23,24). The molecule has 0 saturated heterocycles. The number of aromatic nitrogens is 3. The number of hydrogen-bond acceptors (Lipinski definition) is 14. The van der Waals surface area contributed by atoms with Gasteiger partial charge < -0.3 is 16.0 Å². The van der Waals surface area contributed by atoms with Crippen molar-refractivity contribution >= 4 is 63.6 Å². The molecule has 1 aromatic heterocycles. The van der Waals surface area contributed by atoms with Crippen LogP contribution in [0.15, 0.2) is 29.2 Å². The summed E-state index contributed by atoms with van der Waals surface area (Å²) >= 11 is 0. The minimum atomic E-state index is -4.48. The summed E-state index contributed by atoms with van der Waals surface area (Å²) in [5, 5.41) is 8.02. The van der Waals surface area contributed by atoms with Gasteiger partial charge in [-0.1, -0.05) is 6.07 Å². The molecule has 214 valence electrons. The third-order valence-corrected chi connectivity index (χ3v) is 8.39. The number of sulfone groups is 1. The molecule has 0 radical (unpaired) electrons. The molecule has 0 fully saturated rings. The summed E-state index contributed by atoms with van der Waals surface area (Å²) in [7, 11) is -15.8. The van der Waals surface area contributed by atoms with Crippen LogP contribution in [-0.2, 0) is 40.1 Å². The highest BCUT2D eigenvalue weighted by atomic mass is 32.2. The first kappa shape index (κ1) is 31.5. The number of sulfonamides is 1. The first-order chi connectivity index (χ1) is 17.4. The maximum Gasteiger partial charge on any atom is 0.294 e. The van der Waals surface area contributed by atoms with Gasteiger partial charge in [-0.25, -0.2) is 21.6 Å². The summed E-state index contributed by atoms with van der Waals surface area (Å²) < 4.78 is 111. The molecule has 2 aromatic rings. The van der Waals surface area contributed by atoms with Crippen molar-refractivity contribution in [2.45, 2.75) is 11.3 Å². The second-order valence-corrected chi connectivity index (χ2v) is 15.0. The van der Waals surface area contributed by atoms with Crippen LogP contribution in [0.4, 0.5) is 23.5 Å². The summed E-state index contributed by atoms with van der Waals surface area (Å²) in [5.74, 6) is -1.66. The van der Waals surface area contributed by atoms with Crippen molar-refractivity contribution in [3.05, 3.63) is 24.3 Å². The zero-order valence-electron chi connectivity index (χ0n) is 19.9. The molecule has 38 heavy (non-hydrogen) atoms. The second kappa shape index (κ2) is 12.9. The molecule has 0 aliphatic carbocycles. The van der Waals surface area contributed by atoms with Crippen molar-refractivity contribution < 1.29 is 42.8 Å². The highest BCUT2D eigenvalue weighted by molar-refractivity contribution is 7.91. The van der Waals surface area contributed by atoms with E-state index in [2.05, 4.69) is 35.6 Å². The topological polar surface area (TPSA) is 264 Å². The Kier molecular flexibility index (Phi) is 10.7. The Hall–Kier alpha value is -2.69. The van der Waals surface area contributed by atoms with Gasteiger partial charge in [0.1, 0.15) is 9.84 Å². The van der Waals surface area contributed by atoms with Crippen LogP contribution in [0.1, 0.15) is 6.42 Å². The highest BCUT2D eigenvalue weighted by Crippen LogP contribution is 2.19. The lowest BCUT2D eigenvalue weighted by atomic mass is 10.3. The van der Waals surface area contributed by atoms with Gasteiger partial charge in [-0.2, -0.15) is 31.8 Å². The Labute approximate surface area is 220 Å². The number of nitrogens with one attached hydrogen (secondary N) is 4. The van der Waals surface area contributed by atoms with Gasteiger partial charge in [-0.05, 0) is 24.6 Å². The first-order valence-electron chi connectivity index (χ1n) is 10.6. The molecule has 0 atom stereocenters. The van der Waals surface area contributed by atoms with E-state index in [4.69, 9.17) is 4.55 Å². The minimum Gasteiger partial charge on any atom is -0.353 e. The molecule has 1 aromatic carbocycles. The number of nitrogens with zero attached hydrogens (tertiary/aromatic N) is 3. The van der Waals surface area contributed by atoms with Crippen molar-refractivity contribution in [1.29, 1.82) is 0 Å². The molecule has 17 nitrogen and oxygen atoms in total. The van der Waals surface area contributed by atoms with Gasteiger partial charge >= 0.3 is 0 Å². The van der Waals surface area contributed by atoms with Crippen LogP contribution < -0.4 is 20.7 Å². The van der Waals surface area contributed by atoms with Gasteiger partial charge in [-0.15, -0.1) is 0 Å². The fraction of sp³-hybridized carbons (Fsp3) is 0.471. The van der Waals surface area contributed by atoms with E-state index in [1.807, 2.05) is 0 Å². The Morgan fingerprint density at radius 3 is 1.95 bits per heavy atom. The third kappa shape index (κ3) is 12.7. The van der Waals surface area contributed by atoms with E-state index >= 15 is 0 Å². The maximum absolute atomic E-state index is 12.0. The Balaban J connectivity index is 2.11. The molecule has 0 saturated carbocycles. The maximum atomic E-state index is 12.0. The van der Waals surface area contributed by atoms with E-state index in [0.29, 0.717) is 0 Å². The zero-order valence-corrected chi connectivity index (χ0v) is 23.2. The summed E-state index contributed by atoms with van der Waals surface area (Å²) in [6.45, 7) is -0.401. The monoisotopic (exact) mass is 617 g/mol. The third-order valence-electron chi connectivity index (χ3n) is 4.32. The lowest BCUT2D eigenvalue weighted by molar-refractivity contribution is 0.481. The van der Waals surface area contributed by atoms with Crippen LogP contribution in [0.25, 0.3) is 0 Å². The normalized spacial score (nSPS) is 12.7. The van der Waals surface area contributed by atoms with Crippen molar-refractivity contribution in [2.75, 3.05) is 59.1 Å². The fourth-order valence-electron chi connectivity index (χ4n) is 2.71. The summed E-state index contributed by atoms with van der Waals surface area (Å²) in [6, 6.07) is 5.07. The largest absolute Gasteiger partial charge is 0.353 e. The molecule has 6 N–H and O–H groups in total. The zero-order chi connectivity index (χ0) is 28.6. The van der Waals surface area contributed by atoms with E-state index in [9.17, 15) is 38.2 Å². The van der Waals surface area contributed by atoms with Gasteiger partial charge in [0.25, 0.3) is 20.2 Å². The molecule has 0 unspecified atom stereocenters.